The topological polar surface area (TPSA) is 199 Å². The molecule has 394 valence electrons. The van der Waals surface area contributed by atoms with Gasteiger partial charge in [-0.3, -0.25) is 28.9 Å². The number of amides is 5. The van der Waals surface area contributed by atoms with E-state index in [1.54, 1.807) is 16.8 Å². The number of pyridine rings is 1. The minimum absolute atomic E-state index is 0.0879. The van der Waals surface area contributed by atoms with E-state index in [2.05, 4.69) is 25.9 Å². The molecule has 7 rings (SSSR count). The first kappa shape index (κ1) is 55.3. The van der Waals surface area contributed by atoms with Gasteiger partial charge in [-0.15, -0.1) is 11.3 Å². The normalized spacial score (nSPS) is 15.9. The molecule has 2 aliphatic rings. The van der Waals surface area contributed by atoms with Crippen molar-refractivity contribution in [2.75, 3.05) is 36.1 Å². The van der Waals surface area contributed by atoms with Gasteiger partial charge < -0.3 is 35.2 Å². The van der Waals surface area contributed by atoms with Crippen LogP contribution in [0.25, 0.3) is 10.4 Å². The van der Waals surface area contributed by atoms with Crippen molar-refractivity contribution in [3.8, 4) is 28.1 Å². The number of rotatable bonds is 17. The van der Waals surface area contributed by atoms with Crippen molar-refractivity contribution in [1.82, 2.24) is 30.8 Å². The number of hydrogen-bond acceptors (Lipinski definition) is 12. The van der Waals surface area contributed by atoms with Crippen LogP contribution in [0.15, 0.2) is 78.4 Å². The molecular weight excluding hydrogens is 1020 g/mol. The van der Waals surface area contributed by atoms with Crippen LogP contribution in [0.1, 0.15) is 86.6 Å². The van der Waals surface area contributed by atoms with Crippen molar-refractivity contribution in [3.05, 3.63) is 118 Å². The van der Waals surface area contributed by atoms with E-state index in [1.165, 1.54) is 49.1 Å². The average Bonchev–Trinajstić information content (AvgIpc) is 4.07. The molecule has 2 fully saturated rings. The summed E-state index contributed by atoms with van der Waals surface area (Å²) in [5.41, 5.74) is -1.23. The predicted molar refractivity (Wildman–Crippen MR) is 271 cm³/mol. The molecule has 23 heteroatoms. The van der Waals surface area contributed by atoms with Crippen molar-refractivity contribution in [3.63, 3.8) is 0 Å². The van der Waals surface area contributed by atoms with E-state index in [0.29, 0.717) is 30.7 Å². The number of benzene rings is 3. The predicted octanol–water partition coefficient (Wildman–Crippen LogP) is 8.37. The summed E-state index contributed by atoms with van der Waals surface area (Å²) in [4.78, 5) is 79.4. The number of carbonyl (C=O) groups is 5. The molecule has 0 radical (unpaired) electrons. The van der Waals surface area contributed by atoms with E-state index in [4.69, 9.17) is 27.0 Å². The van der Waals surface area contributed by atoms with Gasteiger partial charge in [-0.2, -0.15) is 18.4 Å². The maximum absolute atomic E-state index is 15.5. The molecule has 2 aliphatic heterocycles. The Hall–Kier alpha value is -7.42. The van der Waals surface area contributed by atoms with Crippen molar-refractivity contribution in [2.45, 2.75) is 91.1 Å². The van der Waals surface area contributed by atoms with Gasteiger partial charge in [-0.05, 0) is 105 Å². The van der Waals surface area contributed by atoms with E-state index in [-0.39, 0.29) is 55.1 Å². The molecule has 3 N–H and O–H groups in total. The number of aryl methyl sites for hydroxylation is 1. The van der Waals surface area contributed by atoms with Gasteiger partial charge in [0.05, 0.1) is 45.3 Å². The SMILES string of the molecule is Cc1ncsc1-c1ccc(CNC(=O)C2CCCN2C(=O)C(NC(=O)COCCCNC(=O)c2ccc(Oc3ncc(N4C(=S)N(c5ccc(C#N)c(C(F)(F)F)c5F)C(=O)C4(C)C)cc3F)cc2)C(C)(C)C)cc1. The Bertz CT molecular complexity index is 3050. The lowest BCUT2D eigenvalue weighted by Gasteiger charge is -2.35. The van der Waals surface area contributed by atoms with Crippen LogP contribution in [0.3, 0.4) is 0 Å². The number of likely N-dealkylation sites (tertiary alicyclic amines) is 1. The molecule has 0 saturated carbocycles. The zero-order chi connectivity index (χ0) is 54.6. The van der Waals surface area contributed by atoms with Crippen molar-refractivity contribution < 1.29 is 55.4 Å². The number of anilines is 2. The number of ether oxygens (including phenoxy) is 2. The largest absolute Gasteiger partial charge is 0.436 e. The molecule has 2 aromatic heterocycles. The number of nitrogens with zero attached hydrogens (tertiary/aromatic N) is 6. The van der Waals surface area contributed by atoms with Crippen molar-refractivity contribution >= 4 is 69.6 Å². The van der Waals surface area contributed by atoms with E-state index in [1.807, 2.05) is 52.0 Å². The number of alkyl halides is 3. The zero-order valence-corrected chi connectivity index (χ0v) is 43.2. The second-order valence-corrected chi connectivity index (χ2v) is 20.5. The second kappa shape index (κ2) is 22.6. The highest BCUT2D eigenvalue weighted by Gasteiger charge is 2.52. The van der Waals surface area contributed by atoms with Crippen LogP contribution in [0.5, 0.6) is 11.6 Å². The quantitative estimate of drug-likeness (QED) is 0.0458. The van der Waals surface area contributed by atoms with Crippen molar-refractivity contribution in [1.29, 1.82) is 5.26 Å². The van der Waals surface area contributed by atoms with E-state index < -0.39 is 86.4 Å². The number of hydrogen-bond donors (Lipinski definition) is 3. The molecule has 0 bridgehead atoms. The van der Waals surface area contributed by atoms with Gasteiger partial charge >= 0.3 is 6.18 Å². The van der Waals surface area contributed by atoms with Crippen LogP contribution < -0.4 is 30.5 Å². The van der Waals surface area contributed by atoms with E-state index >= 15 is 8.78 Å². The molecule has 2 atom stereocenters. The van der Waals surface area contributed by atoms with Crippen LogP contribution in [-0.2, 0) is 36.6 Å². The van der Waals surface area contributed by atoms with Crippen LogP contribution >= 0.6 is 23.6 Å². The van der Waals surface area contributed by atoms with Gasteiger partial charge in [0.1, 0.15) is 35.5 Å². The zero-order valence-electron chi connectivity index (χ0n) is 41.6. The van der Waals surface area contributed by atoms with Gasteiger partial charge in [0.15, 0.2) is 16.7 Å². The molecule has 75 heavy (non-hydrogen) atoms. The van der Waals surface area contributed by atoms with Gasteiger partial charge in [-0.25, -0.2) is 18.7 Å². The molecular formula is C52H52F5N9O7S2. The Morgan fingerprint density at radius 3 is 2.33 bits per heavy atom. The number of nitriles is 1. The smallest absolute Gasteiger partial charge is 0.420 e. The maximum Gasteiger partial charge on any atom is 0.420 e. The number of thiocarbonyl (C=S) groups is 1. The minimum atomic E-state index is -5.27. The monoisotopic (exact) mass is 1070 g/mol. The summed E-state index contributed by atoms with van der Waals surface area (Å²) in [6.07, 6.45) is -2.71. The second-order valence-electron chi connectivity index (χ2n) is 19.3. The lowest BCUT2D eigenvalue weighted by atomic mass is 9.85. The van der Waals surface area contributed by atoms with Gasteiger partial charge in [0, 0.05) is 37.9 Å². The van der Waals surface area contributed by atoms with Crippen LogP contribution in [0.2, 0.25) is 0 Å². The Labute approximate surface area is 438 Å². The Balaban J connectivity index is 0.851. The molecule has 16 nitrogen and oxygen atoms in total. The molecule has 0 spiro atoms. The molecule has 2 saturated heterocycles. The molecule has 0 aliphatic carbocycles. The van der Waals surface area contributed by atoms with Gasteiger partial charge in [-0.1, -0.05) is 45.0 Å². The summed E-state index contributed by atoms with van der Waals surface area (Å²) >= 11 is 6.98. The number of aromatic nitrogens is 2. The molecule has 5 aromatic rings. The third kappa shape index (κ3) is 12.2. The minimum Gasteiger partial charge on any atom is -0.436 e. The van der Waals surface area contributed by atoms with Gasteiger partial charge in [0.2, 0.25) is 17.7 Å². The Morgan fingerprint density at radius 2 is 1.71 bits per heavy atom. The maximum atomic E-state index is 15.5. The molecule has 2 unspecified atom stereocenters. The number of carbonyl (C=O) groups excluding carboxylic acids is 5. The summed E-state index contributed by atoms with van der Waals surface area (Å²) in [6.45, 7) is 10.7. The first-order chi connectivity index (χ1) is 35.4. The fourth-order valence-electron chi connectivity index (χ4n) is 8.57. The Kier molecular flexibility index (Phi) is 16.7. The fourth-order valence-corrected chi connectivity index (χ4v) is 9.90. The fraction of sp³-hybridized carbons (Fsp3) is 0.365. The first-order valence-corrected chi connectivity index (χ1v) is 24.9. The highest BCUT2D eigenvalue weighted by molar-refractivity contribution is 7.81. The number of nitrogens with one attached hydrogen (secondary N) is 3. The third-order valence-electron chi connectivity index (χ3n) is 12.5. The summed E-state index contributed by atoms with van der Waals surface area (Å²) < 4.78 is 83.4. The van der Waals surface area contributed by atoms with Crippen LogP contribution in [-0.4, -0.2) is 93.4 Å². The lowest BCUT2D eigenvalue weighted by molar-refractivity contribution is -0.144. The number of halogens is 5. The summed E-state index contributed by atoms with van der Waals surface area (Å²) in [5, 5.41) is 17.2. The molecule has 4 heterocycles. The third-order valence-corrected chi connectivity index (χ3v) is 13.8. The van der Waals surface area contributed by atoms with Gasteiger partial charge in [0.25, 0.3) is 17.7 Å². The Morgan fingerprint density at radius 1 is 1.00 bits per heavy atom. The highest BCUT2D eigenvalue weighted by atomic mass is 32.1. The van der Waals surface area contributed by atoms with Crippen LogP contribution in [0, 0.1) is 35.3 Å². The standard InChI is InChI=1S/C52H52F5N9O7S2/c1-29-42(75-28-62-29)31-12-10-30(11-13-31)25-60-45(69)38-9-7-21-64(38)47(70)43(50(2,3)4)63-39(67)27-72-22-8-20-59-44(68)32-14-17-35(18-15-32)73-46-36(53)23-34(26-61-46)66-49(74)65(48(71)51(66,5)6)37-19-16-33(24-58)40(41(37)54)52(55,56)57/h10-19,23,26,28,38,43H,7-9,20-22,25,27H2,1-6H3,(H,59,68)(H,60,69)(H,63,67). The molecule has 3 aromatic carbocycles. The number of thiazole rings is 1. The summed E-state index contributed by atoms with van der Waals surface area (Å²) in [7, 11) is 0. The van der Waals surface area contributed by atoms with Crippen molar-refractivity contribution in [2.24, 2.45) is 5.41 Å². The lowest BCUT2D eigenvalue weighted by Crippen LogP contribution is -2.58. The summed E-state index contributed by atoms with van der Waals surface area (Å²) in [5.74, 6) is -5.87. The molecule has 5 amide bonds. The first-order valence-electron chi connectivity index (χ1n) is 23.6. The summed E-state index contributed by atoms with van der Waals surface area (Å²) in [6, 6.07) is 15.7. The van der Waals surface area contributed by atoms with E-state index in [9.17, 15) is 37.1 Å². The highest BCUT2D eigenvalue weighted by Crippen LogP contribution is 2.42. The van der Waals surface area contributed by atoms with Crippen LogP contribution in [0.4, 0.5) is 33.3 Å². The van der Waals surface area contributed by atoms with E-state index in [0.717, 1.165) is 51.0 Å². The average molecular weight is 1070 g/mol.